The van der Waals surface area contributed by atoms with Gasteiger partial charge < -0.3 is 9.84 Å². The number of aliphatic hydroxyl groups is 1. The molecule has 0 aliphatic rings. The first-order valence-electron chi connectivity index (χ1n) is 6.37. The zero-order valence-corrected chi connectivity index (χ0v) is 11.2. The second kappa shape index (κ2) is 6.68. The minimum Gasteiger partial charge on any atom is -0.433 e. The second-order valence-corrected chi connectivity index (χ2v) is 4.37. The largest absolute Gasteiger partial charge is 0.433 e. The lowest BCUT2D eigenvalue weighted by Gasteiger charge is -2.06. The first-order chi connectivity index (χ1) is 9.65. The van der Waals surface area contributed by atoms with Gasteiger partial charge in [0.05, 0.1) is 5.56 Å². The van der Waals surface area contributed by atoms with Crippen LogP contribution in [0, 0.1) is 0 Å². The Balaban J connectivity index is 2.05. The Kier molecular flexibility index (Phi) is 4.69. The summed E-state index contributed by atoms with van der Waals surface area (Å²) in [5.74, 6) is -0.529. The van der Waals surface area contributed by atoms with E-state index in [4.69, 9.17) is 9.84 Å². The van der Waals surface area contributed by atoms with E-state index >= 15 is 0 Å². The predicted octanol–water partition coefficient (Wildman–Crippen LogP) is 3.35. The maximum absolute atomic E-state index is 11.5. The SMILES string of the molecule is CC(O)OC(=O)c1ccc(C=Cc2ccccc2)cc1. The Hall–Kier alpha value is -2.39. The lowest BCUT2D eigenvalue weighted by Crippen LogP contribution is -2.13. The molecule has 0 radical (unpaired) electrons. The number of ether oxygens (including phenoxy) is 1. The summed E-state index contributed by atoms with van der Waals surface area (Å²) in [6.45, 7) is 1.40. The molecule has 3 nitrogen and oxygen atoms in total. The molecule has 2 aromatic rings. The molecular formula is C17H16O3. The van der Waals surface area contributed by atoms with Crippen LogP contribution in [0.5, 0.6) is 0 Å². The van der Waals surface area contributed by atoms with E-state index in [1.807, 2.05) is 54.6 Å². The molecule has 0 saturated carbocycles. The third-order valence-electron chi connectivity index (χ3n) is 2.69. The standard InChI is InChI=1S/C17H16O3/c1-13(18)20-17(19)16-11-9-15(10-12-16)8-7-14-5-3-2-4-6-14/h2-13,18H,1H3. The monoisotopic (exact) mass is 268 g/mol. The number of aliphatic hydroxyl groups excluding tert-OH is 1. The summed E-state index contributed by atoms with van der Waals surface area (Å²) in [6, 6.07) is 17.0. The minimum atomic E-state index is -1.10. The molecule has 0 amide bonds. The maximum atomic E-state index is 11.5. The van der Waals surface area contributed by atoms with E-state index in [9.17, 15) is 4.79 Å². The molecule has 0 aliphatic heterocycles. The summed E-state index contributed by atoms with van der Waals surface area (Å²) in [4.78, 5) is 11.5. The summed E-state index contributed by atoms with van der Waals surface area (Å²) >= 11 is 0. The topological polar surface area (TPSA) is 46.5 Å². The fourth-order valence-corrected chi connectivity index (χ4v) is 1.71. The Morgan fingerprint density at radius 2 is 1.55 bits per heavy atom. The summed E-state index contributed by atoms with van der Waals surface area (Å²) in [5, 5.41) is 8.99. The van der Waals surface area contributed by atoms with Crippen LogP contribution in [0.3, 0.4) is 0 Å². The molecule has 102 valence electrons. The van der Waals surface area contributed by atoms with Gasteiger partial charge in [-0.25, -0.2) is 4.79 Å². The summed E-state index contributed by atoms with van der Waals surface area (Å²) in [6.07, 6.45) is 2.88. The average Bonchev–Trinajstić information content (AvgIpc) is 2.46. The van der Waals surface area contributed by atoms with E-state index in [2.05, 4.69) is 0 Å². The highest BCUT2D eigenvalue weighted by molar-refractivity contribution is 5.89. The van der Waals surface area contributed by atoms with Gasteiger partial charge in [-0.15, -0.1) is 0 Å². The van der Waals surface area contributed by atoms with Gasteiger partial charge in [-0.2, -0.15) is 0 Å². The fraction of sp³-hybridized carbons (Fsp3) is 0.118. The molecule has 2 rings (SSSR count). The molecule has 0 fully saturated rings. The van der Waals surface area contributed by atoms with E-state index < -0.39 is 12.3 Å². The van der Waals surface area contributed by atoms with Crippen LogP contribution in [0.1, 0.15) is 28.4 Å². The van der Waals surface area contributed by atoms with Gasteiger partial charge in [0.1, 0.15) is 0 Å². The minimum absolute atomic E-state index is 0.419. The van der Waals surface area contributed by atoms with Crippen molar-refractivity contribution >= 4 is 18.1 Å². The van der Waals surface area contributed by atoms with Crippen LogP contribution in [0.15, 0.2) is 54.6 Å². The van der Waals surface area contributed by atoms with Gasteiger partial charge in [0.2, 0.25) is 0 Å². The maximum Gasteiger partial charge on any atom is 0.340 e. The van der Waals surface area contributed by atoms with Crippen molar-refractivity contribution < 1.29 is 14.6 Å². The van der Waals surface area contributed by atoms with Crippen molar-refractivity contribution in [1.82, 2.24) is 0 Å². The molecule has 20 heavy (non-hydrogen) atoms. The van der Waals surface area contributed by atoms with E-state index in [0.717, 1.165) is 11.1 Å². The molecular weight excluding hydrogens is 252 g/mol. The van der Waals surface area contributed by atoms with Crippen molar-refractivity contribution in [2.24, 2.45) is 0 Å². The molecule has 0 heterocycles. The van der Waals surface area contributed by atoms with Crippen LogP contribution in [0.2, 0.25) is 0 Å². The Labute approximate surface area is 118 Å². The Bertz CT molecular complexity index is 583. The first kappa shape index (κ1) is 14.0. The highest BCUT2D eigenvalue weighted by atomic mass is 16.6. The Morgan fingerprint density at radius 1 is 1.00 bits per heavy atom. The molecule has 1 atom stereocenters. The number of hydrogen-bond acceptors (Lipinski definition) is 3. The number of carbonyl (C=O) groups is 1. The van der Waals surface area contributed by atoms with Crippen LogP contribution in [-0.2, 0) is 4.74 Å². The molecule has 1 N–H and O–H groups in total. The van der Waals surface area contributed by atoms with Crippen LogP contribution in [0.25, 0.3) is 12.2 Å². The normalized spacial score (nSPS) is 12.3. The lowest BCUT2D eigenvalue weighted by molar-refractivity contribution is -0.0523. The molecule has 0 spiro atoms. The smallest absolute Gasteiger partial charge is 0.340 e. The average molecular weight is 268 g/mol. The third kappa shape index (κ3) is 4.07. The second-order valence-electron chi connectivity index (χ2n) is 4.37. The Morgan fingerprint density at radius 3 is 2.10 bits per heavy atom. The summed E-state index contributed by atoms with van der Waals surface area (Å²) < 4.78 is 4.70. The summed E-state index contributed by atoms with van der Waals surface area (Å²) in [5.41, 5.74) is 2.52. The van der Waals surface area contributed by atoms with Crippen molar-refractivity contribution in [1.29, 1.82) is 0 Å². The molecule has 0 bridgehead atoms. The molecule has 3 heteroatoms. The van der Waals surface area contributed by atoms with Crippen LogP contribution in [-0.4, -0.2) is 17.4 Å². The van der Waals surface area contributed by atoms with Gasteiger partial charge >= 0.3 is 5.97 Å². The van der Waals surface area contributed by atoms with E-state index in [-0.39, 0.29) is 0 Å². The van der Waals surface area contributed by atoms with Crippen molar-refractivity contribution in [2.45, 2.75) is 13.2 Å². The predicted molar refractivity (Wildman–Crippen MR) is 78.9 cm³/mol. The van der Waals surface area contributed by atoms with Crippen LogP contribution >= 0.6 is 0 Å². The fourth-order valence-electron chi connectivity index (χ4n) is 1.71. The molecule has 0 aromatic heterocycles. The van der Waals surface area contributed by atoms with Crippen molar-refractivity contribution in [3.63, 3.8) is 0 Å². The molecule has 0 saturated heterocycles. The van der Waals surface area contributed by atoms with E-state index in [1.54, 1.807) is 12.1 Å². The number of esters is 1. The van der Waals surface area contributed by atoms with Gasteiger partial charge in [-0.05, 0) is 30.2 Å². The van der Waals surface area contributed by atoms with Crippen LogP contribution < -0.4 is 0 Å². The third-order valence-corrected chi connectivity index (χ3v) is 2.69. The van der Waals surface area contributed by atoms with Gasteiger partial charge in [-0.3, -0.25) is 0 Å². The zero-order chi connectivity index (χ0) is 14.4. The van der Waals surface area contributed by atoms with Gasteiger partial charge in [-0.1, -0.05) is 54.6 Å². The zero-order valence-electron chi connectivity index (χ0n) is 11.2. The van der Waals surface area contributed by atoms with Crippen molar-refractivity contribution in [3.8, 4) is 0 Å². The number of benzene rings is 2. The highest BCUT2D eigenvalue weighted by Crippen LogP contribution is 2.11. The van der Waals surface area contributed by atoms with Gasteiger partial charge in [0.25, 0.3) is 0 Å². The quantitative estimate of drug-likeness (QED) is 0.525. The van der Waals surface area contributed by atoms with Gasteiger partial charge in [0, 0.05) is 0 Å². The van der Waals surface area contributed by atoms with Crippen molar-refractivity contribution in [3.05, 3.63) is 71.3 Å². The number of hydrogen-bond donors (Lipinski definition) is 1. The van der Waals surface area contributed by atoms with Crippen LogP contribution in [0.4, 0.5) is 0 Å². The molecule has 1 unspecified atom stereocenters. The van der Waals surface area contributed by atoms with E-state index in [0.29, 0.717) is 5.56 Å². The first-order valence-corrected chi connectivity index (χ1v) is 6.37. The number of rotatable bonds is 4. The molecule has 0 aliphatic carbocycles. The highest BCUT2D eigenvalue weighted by Gasteiger charge is 2.08. The van der Waals surface area contributed by atoms with E-state index in [1.165, 1.54) is 6.92 Å². The lowest BCUT2D eigenvalue weighted by atomic mass is 10.1. The van der Waals surface area contributed by atoms with Crippen molar-refractivity contribution in [2.75, 3.05) is 0 Å². The molecule has 2 aromatic carbocycles. The summed E-state index contributed by atoms with van der Waals surface area (Å²) in [7, 11) is 0. The number of carbonyl (C=O) groups excluding carboxylic acids is 1. The van der Waals surface area contributed by atoms with Gasteiger partial charge in [0.15, 0.2) is 6.29 Å².